The SMILES string of the molecule is CN(Cc1ccccc1Cl)C1CCCC1C#N. The standard InChI is InChI=1S/C14H17ClN2/c1-17(14-8-4-6-11(14)9-16)10-12-5-2-3-7-13(12)15/h2-3,5,7,11,14H,4,6,8,10H2,1H3. The Bertz CT molecular complexity index is 424. The summed E-state index contributed by atoms with van der Waals surface area (Å²) in [7, 11) is 2.09. The van der Waals surface area contributed by atoms with Gasteiger partial charge in [-0.2, -0.15) is 5.26 Å². The zero-order valence-corrected chi connectivity index (χ0v) is 10.8. The lowest BCUT2D eigenvalue weighted by molar-refractivity contribution is 0.212. The minimum atomic E-state index is 0.183. The Morgan fingerprint density at radius 2 is 2.18 bits per heavy atom. The largest absolute Gasteiger partial charge is 0.298 e. The van der Waals surface area contributed by atoms with Gasteiger partial charge in [-0.05, 0) is 31.5 Å². The van der Waals surface area contributed by atoms with E-state index in [0.29, 0.717) is 6.04 Å². The Morgan fingerprint density at radius 3 is 2.88 bits per heavy atom. The van der Waals surface area contributed by atoms with Crippen LogP contribution in [0.15, 0.2) is 24.3 Å². The molecule has 1 aliphatic carbocycles. The molecule has 0 bridgehead atoms. The number of hydrogen-bond donors (Lipinski definition) is 0. The monoisotopic (exact) mass is 248 g/mol. The normalized spacial score (nSPS) is 23.9. The summed E-state index contributed by atoms with van der Waals surface area (Å²) < 4.78 is 0. The molecule has 0 radical (unpaired) electrons. The number of nitriles is 1. The topological polar surface area (TPSA) is 27.0 Å². The molecule has 1 fully saturated rings. The molecule has 2 unspecified atom stereocenters. The molecule has 0 aromatic heterocycles. The fourth-order valence-electron chi connectivity index (χ4n) is 2.63. The minimum Gasteiger partial charge on any atom is -0.298 e. The molecule has 0 aliphatic heterocycles. The fourth-order valence-corrected chi connectivity index (χ4v) is 2.83. The van der Waals surface area contributed by atoms with Crippen LogP contribution in [0.5, 0.6) is 0 Å². The summed E-state index contributed by atoms with van der Waals surface area (Å²) >= 11 is 6.15. The summed E-state index contributed by atoms with van der Waals surface area (Å²) in [5, 5.41) is 9.91. The second-order valence-electron chi connectivity index (χ2n) is 4.74. The molecular formula is C14H17ClN2. The molecule has 17 heavy (non-hydrogen) atoms. The first-order valence-corrected chi connectivity index (χ1v) is 6.43. The highest BCUT2D eigenvalue weighted by atomic mass is 35.5. The van der Waals surface area contributed by atoms with Crippen LogP contribution in [-0.4, -0.2) is 18.0 Å². The molecule has 2 atom stereocenters. The van der Waals surface area contributed by atoms with E-state index in [1.54, 1.807) is 0 Å². The van der Waals surface area contributed by atoms with E-state index >= 15 is 0 Å². The molecule has 0 spiro atoms. The molecule has 2 rings (SSSR count). The van der Waals surface area contributed by atoms with Crippen molar-refractivity contribution in [3.63, 3.8) is 0 Å². The minimum absolute atomic E-state index is 0.183. The van der Waals surface area contributed by atoms with E-state index in [1.807, 2.05) is 18.2 Å². The van der Waals surface area contributed by atoms with Crippen molar-refractivity contribution in [2.75, 3.05) is 7.05 Å². The molecular weight excluding hydrogens is 232 g/mol. The van der Waals surface area contributed by atoms with E-state index in [-0.39, 0.29) is 5.92 Å². The lowest BCUT2D eigenvalue weighted by Crippen LogP contribution is -2.33. The zero-order chi connectivity index (χ0) is 12.3. The quantitative estimate of drug-likeness (QED) is 0.819. The Labute approximate surface area is 108 Å². The van der Waals surface area contributed by atoms with Gasteiger partial charge in [-0.3, -0.25) is 4.90 Å². The van der Waals surface area contributed by atoms with Crippen LogP contribution in [0, 0.1) is 17.2 Å². The van der Waals surface area contributed by atoms with Crippen molar-refractivity contribution in [3.05, 3.63) is 34.9 Å². The van der Waals surface area contributed by atoms with Crippen LogP contribution in [0.2, 0.25) is 5.02 Å². The lowest BCUT2D eigenvalue weighted by Gasteiger charge is -2.26. The van der Waals surface area contributed by atoms with Crippen LogP contribution in [-0.2, 0) is 6.54 Å². The number of rotatable bonds is 3. The van der Waals surface area contributed by atoms with Gasteiger partial charge in [0.1, 0.15) is 0 Å². The summed E-state index contributed by atoms with van der Waals surface area (Å²) in [5.74, 6) is 0.183. The number of hydrogen-bond acceptors (Lipinski definition) is 2. The van der Waals surface area contributed by atoms with Gasteiger partial charge in [-0.15, -0.1) is 0 Å². The summed E-state index contributed by atoms with van der Waals surface area (Å²) in [6, 6.07) is 10.7. The van der Waals surface area contributed by atoms with Crippen molar-refractivity contribution >= 4 is 11.6 Å². The molecule has 0 heterocycles. The molecule has 90 valence electrons. The second kappa shape index (κ2) is 5.53. The highest BCUT2D eigenvalue weighted by Gasteiger charge is 2.30. The molecule has 1 saturated carbocycles. The average molecular weight is 249 g/mol. The number of benzene rings is 1. The zero-order valence-electron chi connectivity index (χ0n) is 10.1. The van der Waals surface area contributed by atoms with Crippen LogP contribution in [0.1, 0.15) is 24.8 Å². The molecule has 0 N–H and O–H groups in total. The highest BCUT2D eigenvalue weighted by molar-refractivity contribution is 6.31. The van der Waals surface area contributed by atoms with Gasteiger partial charge in [-0.25, -0.2) is 0 Å². The van der Waals surface area contributed by atoms with Crippen molar-refractivity contribution in [2.24, 2.45) is 5.92 Å². The van der Waals surface area contributed by atoms with E-state index in [4.69, 9.17) is 16.9 Å². The molecule has 3 heteroatoms. The van der Waals surface area contributed by atoms with Crippen LogP contribution < -0.4 is 0 Å². The first kappa shape index (κ1) is 12.4. The predicted molar refractivity (Wildman–Crippen MR) is 69.7 cm³/mol. The van der Waals surface area contributed by atoms with E-state index in [2.05, 4.69) is 24.1 Å². The van der Waals surface area contributed by atoms with Gasteiger partial charge in [0.2, 0.25) is 0 Å². The van der Waals surface area contributed by atoms with Gasteiger partial charge in [0, 0.05) is 17.6 Å². The molecule has 1 aromatic rings. The number of nitrogens with zero attached hydrogens (tertiary/aromatic N) is 2. The van der Waals surface area contributed by atoms with Gasteiger partial charge in [0.15, 0.2) is 0 Å². The van der Waals surface area contributed by atoms with Gasteiger partial charge in [-0.1, -0.05) is 36.2 Å². The second-order valence-corrected chi connectivity index (χ2v) is 5.15. The Morgan fingerprint density at radius 1 is 1.41 bits per heavy atom. The van der Waals surface area contributed by atoms with Crippen molar-refractivity contribution in [1.29, 1.82) is 5.26 Å². The Kier molecular flexibility index (Phi) is 4.04. The molecule has 0 saturated heterocycles. The third-order valence-electron chi connectivity index (χ3n) is 3.59. The third kappa shape index (κ3) is 2.80. The van der Waals surface area contributed by atoms with Gasteiger partial charge in [0.25, 0.3) is 0 Å². The summed E-state index contributed by atoms with van der Waals surface area (Å²) in [6.07, 6.45) is 3.32. The molecule has 1 aromatic carbocycles. The van der Waals surface area contributed by atoms with Crippen LogP contribution in [0.3, 0.4) is 0 Å². The summed E-state index contributed by atoms with van der Waals surface area (Å²) in [6.45, 7) is 0.822. The smallest absolute Gasteiger partial charge is 0.0672 e. The van der Waals surface area contributed by atoms with Crippen LogP contribution in [0.25, 0.3) is 0 Å². The third-order valence-corrected chi connectivity index (χ3v) is 3.96. The average Bonchev–Trinajstić information content (AvgIpc) is 2.80. The van der Waals surface area contributed by atoms with Crippen LogP contribution >= 0.6 is 11.6 Å². The lowest BCUT2D eigenvalue weighted by atomic mass is 10.0. The first-order chi connectivity index (χ1) is 8.22. The van der Waals surface area contributed by atoms with Crippen LogP contribution in [0.4, 0.5) is 0 Å². The van der Waals surface area contributed by atoms with Crippen molar-refractivity contribution < 1.29 is 0 Å². The summed E-state index contributed by atoms with van der Waals surface area (Å²) in [5.41, 5.74) is 1.14. The van der Waals surface area contributed by atoms with Crippen molar-refractivity contribution in [2.45, 2.75) is 31.8 Å². The maximum atomic E-state index is 9.10. The fraction of sp³-hybridized carbons (Fsp3) is 0.500. The van der Waals surface area contributed by atoms with E-state index in [1.165, 1.54) is 0 Å². The highest BCUT2D eigenvalue weighted by Crippen LogP contribution is 2.30. The molecule has 0 amide bonds. The summed E-state index contributed by atoms with van der Waals surface area (Å²) in [4.78, 5) is 2.27. The first-order valence-electron chi connectivity index (χ1n) is 6.05. The Hall–Kier alpha value is -1.04. The predicted octanol–water partition coefficient (Wildman–Crippen LogP) is 3.46. The van der Waals surface area contributed by atoms with E-state index < -0.39 is 0 Å². The maximum absolute atomic E-state index is 9.10. The molecule has 2 nitrogen and oxygen atoms in total. The Balaban J connectivity index is 2.05. The molecule has 1 aliphatic rings. The van der Waals surface area contributed by atoms with Gasteiger partial charge >= 0.3 is 0 Å². The van der Waals surface area contributed by atoms with Crippen molar-refractivity contribution in [3.8, 4) is 6.07 Å². The van der Waals surface area contributed by atoms with Crippen molar-refractivity contribution in [1.82, 2.24) is 4.90 Å². The van der Waals surface area contributed by atoms with Gasteiger partial charge < -0.3 is 0 Å². The van der Waals surface area contributed by atoms with E-state index in [9.17, 15) is 0 Å². The van der Waals surface area contributed by atoms with E-state index in [0.717, 1.165) is 36.4 Å². The van der Waals surface area contributed by atoms with Gasteiger partial charge in [0.05, 0.1) is 12.0 Å². The number of halogens is 1. The maximum Gasteiger partial charge on any atom is 0.0672 e.